The molecular weight excluding hydrogens is 284 g/mol. The average Bonchev–Trinajstić information content (AvgIpc) is 2.86. The van der Waals surface area contributed by atoms with Crippen LogP contribution in [0.15, 0.2) is 0 Å². The molecule has 1 aromatic heterocycles. The fraction of sp³-hybridized carbons (Fsp3) is 0.812. The fourth-order valence-corrected chi connectivity index (χ4v) is 3.13. The first-order valence-electron chi connectivity index (χ1n) is 8.38. The Balaban J connectivity index is 1.73. The maximum atomic E-state index is 6.20. The minimum absolute atomic E-state index is 0.589. The quantitative estimate of drug-likeness (QED) is 0.773. The average molecular weight is 313 g/mol. The topological polar surface area (TPSA) is 44.0 Å². The second kappa shape index (κ2) is 8.76. The van der Waals surface area contributed by atoms with E-state index in [-0.39, 0.29) is 0 Å². The number of imidazole rings is 1. The van der Waals surface area contributed by atoms with Gasteiger partial charge in [-0.3, -0.25) is 4.90 Å². The molecule has 5 heteroatoms. The lowest BCUT2D eigenvalue weighted by atomic mass is 10.1. The summed E-state index contributed by atoms with van der Waals surface area (Å²) in [5, 5.41) is 4.14. The zero-order valence-electron chi connectivity index (χ0n) is 13.4. The normalized spacial score (nSPS) is 18.0. The molecule has 0 aliphatic carbocycles. The lowest BCUT2D eigenvalue weighted by Gasteiger charge is -2.32. The Kier molecular flexibility index (Phi) is 7.00. The number of aryl methyl sites for hydroxylation is 1. The summed E-state index contributed by atoms with van der Waals surface area (Å²) in [5.74, 6) is 1.02. The zero-order chi connectivity index (χ0) is 15.1. The van der Waals surface area contributed by atoms with E-state index in [0.29, 0.717) is 11.2 Å². The highest BCUT2D eigenvalue weighted by Gasteiger charge is 2.16. The van der Waals surface area contributed by atoms with Crippen LogP contribution in [-0.4, -0.2) is 40.5 Å². The van der Waals surface area contributed by atoms with Gasteiger partial charge < -0.3 is 10.3 Å². The summed E-state index contributed by atoms with van der Waals surface area (Å²) < 4.78 is 0. The molecule has 4 nitrogen and oxygen atoms in total. The second-order valence-electron chi connectivity index (χ2n) is 6.13. The van der Waals surface area contributed by atoms with Crippen molar-refractivity contribution in [1.82, 2.24) is 20.2 Å². The summed E-state index contributed by atoms with van der Waals surface area (Å²) in [6.45, 7) is 8.76. The molecule has 1 aromatic rings. The Morgan fingerprint density at radius 2 is 2.10 bits per heavy atom. The molecular formula is C16H29ClN4. The third-order valence-electron chi connectivity index (χ3n) is 4.30. The maximum absolute atomic E-state index is 6.20. The monoisotopic (exact) mass is 312 g/mol. The zero-order valence-corrected chi connectivity index (χ0v) is 14.2. The van der Waals surface area contributed by atoms with Gasteiger partial charge in [0.25, 0.3) is 0 Å². The van der Waals surface area contributed by atoms with E-state index in [1.165, 1.54) is 38.8 Å². The van der Waals surface area contributed by atoms with Gasteiger partial charge in [0, 0.05) is 25.6 Å². The van der Waals surface area contributed by atoms with Crippen molar-refractivity contribution in [1.29, 1.82) is 0 Å². The maximum Gasteiger partial charge on any atom is 0.151 e. The number of halogens is 1. The molecule has 2 rings (SSSR count). The minimum Gasteiger partial charge on any atom is -0.344 e. The number of likely N-dealkylation sites (tertiary alicyclic amines) is 1. The van der Waals surface area contributed by atoms with Gasteiger partial charge in [0.15, 0.2) is 5.15 Å². The van der Waals surface area contributed by atoms with Gasteiger partial charge in [-0.05, 0) is 39.3 Å². The van der Waals surface area contributed by atoms with Crippen LogP contribution in [0.5, 0.6) is 0 Å². The third kappa shape index (κ3) is 5.28. The molecule has 120 valence electrons. The predicted molar refractivity (Wildman–Crippen MR) is 88.8 cm³/mol. The smallest absolute Gasteiger partial charge is 0.151 e. The summed E-state index contributed by atoms with van der Waals surface area (Å²) in [6, 6.07) is 0.589. The fourth-order valence-electron chi connectivity index (χ4n) is 2.91. The SMILES string of the molecule is CCCCc1nc(Cl)c(CNCC(C)N2CCCCC2)[nH]1. The van der Waals surface area contributed by atoms with Crippen LogP contribution in [0.1, 0.15) is 57.5 Å². The molecule has 1 unspecified atom stereocenters. The Labute approximate surface area is 133 Å². The number of piperidine rings is 1. The Hall–Kier alpha value is -0.580. The van der Waals surface area contributed by atoms with Crippen LogP contribution in [0.25, 0.3) is 0 Å². The molecule has 2 N–H and O–H groups in total. The molecule has 2 heterocycles. The molecule has 1 fully saturated rings. The summed E-state index contributed by atoms with van der Waals surface area (Å²) in [6.07, 6.45) is 7.40. The van der Waals surface area contributed by atoms with E-state index in [1.54, 1.807) is 0 Å². The largest absolute Gasteiger partial charge is 0.344 e. The molecule has 0 amide bonds. The van der Waals surface area contributed by atoms with Crippen LogP contribution in [0.4, 0.5) is 0 Å². The number of hydrogen-bond acceptors (Lipinski definition) is 3. The van der Waals surface area contributed by atoms with E-state index in [1.807, 2.05) is 0 Å². The standard InChI is InChI=1S/C16H29ClN4/c1-3-4-8-15-19-14(16(17)20-15)12-18-11-13(2)21-9-6-5-7-10-21/h13,18H,3-12H2,1-2H3,(H,19,20). The summed E-state index contributed by atoms with van der Waals surface area (Å²) in [4.78, 5) is 10.3. The van der Waals surface area contributed by atoms with Crippen molar-refractivity contribution in [3.63, 3.8) is 0 Å². The van der Waals surface area contributed by atoms with Gasteiger partial charge in [0.1, 0.15) is 5.82 Å². The van der Waals surface area contributed by atoms with Gasteiger partial charge in [-0.25, -0.2) is 4.98 Å². The van der Waals surface area contributed by atoms with Crippen molar-refractivity contribution in [3.8, 4) is 0 Å². The third-order valence-corrected chi connectivity index (χ3v) is 4.61. The first-order chi connectivity index (χ1) is 10.2. The highest BCUT2D eigenvalue weighted by atomic mass is 35.5. The van der Waals surface area contributed by atoms with Crippen LogP contribution in [0, 0.1) is 0 Å². The van der Waals surface area contributed by atoms with Crippen LogP contribution in [0.3, 0.4) is 0 Å². The number of aromatic nitrogens is 2. The summed E-state index contributed by atoms with van der Waals surface area (Å²) >= 11 is 6.20. The van der Waals surface area contributed by atoms with Crippen LogP contribution in [-0.2, 0) is 13.0 Å². The number of unbranched alkanes of at least 4 members (excludes halogenated alkanes) is 1. The van der Waals surface area contributed by atoms with Crippen molar-refractivity contribution in [2.24, 2.45) is 0 Å². The number of nitrogens with zero attached hydrogens (tertiary/aromatic N) is 2. The minimum atomic E-state index is 0.589. The molecule has 21 heavy (non-hydrogen) atoms. The molecule has 0 bridgehead atoms. The number of H-pyrrole nitrogens is 1. The number of aromatic amines is 1. The van der Waals surface area contributed by atoms with Gasteiger partial charge >= 0.3 is 0 Å². The van der Waals surface area contributed by atoms with Gasteiger partial charge in [0.2, 0.25) is 0 Å². The van der Waals surface area contributed by atoms with E-state index >= 15 is 0 Å². The van der Waals surface area contributed by atoms with Gasteiger partial charge in [0.05, 0.1) is 5.69 Å². The van der Waals surface area contributed by atoms with Crippen LogP contribution < -0.4 is 5.32 Å². The first kappa shape index (κ1) is 16.8. The highest BCUT2D eigenvalue weighted by molar-refractivity contribution is 6.30. The molecule has 0 spiro atoms. The molecule has 0 radical (unpaired) electrons. The van der Waals surface area contributed by atoms with Crippen LogP contribution >= 0.6 is 11.6 Å². The van der Waals surface area contributed by atoms with Crippen molar-refractivity contribution < 1.29 is 0 Å². The van der Waals surface area contributed by atoms with Crippen molar-refractivity contribution in [2.45, 2.75) is 65.0 Å². The highest BCUT2D eigenvalue weighted by Crippen LogP contribution is 2.15. The molecule has 1 aliphatic heterocycles. The lowest BCUT2D eigenvalue weighted by molar-refractivity contribution is 0.170. The molecule has 1 saturated heterocycles. The summed E-state index contributed by atoms with van der Waals surface area (Å²) in [5.41, 5.74) is 1.02. The lowest BCUT2D eigenvalue weighted by Crippen LogP contribution is -2.43. The molecule has 1 aliphatic rings. The van der Waals surface area contributed by atoms with Crippen molar-refractivity contribution >= 4 is 11.6 Å². The Bertz CT molecular complexity index is 412. The van der Waals surface area contributed by atoms with E-state index < -0.39 is 0 Å². The summed E-state index contributed by atoms with van der Waals surface area (Å²) in [7, 11) is 0. The van der Waals surface area contributed by atoms with E-state index in [9.17, 15) is 0 Å². The van der Waals surface area contributed by atoms with E-state index in [0.717, 1.165) is 37.4 Å². The number of hydrogen-bond donors (Lipinski definition) is 2. The second-order valence-corrected chi connectivity index (χ2v) is 6.49. The van der Waals surface area contributed by atoms with Crippen LogP contribution in [0.2, 0.25) is 5.15 Å². The Morgan fingerprint density at radius 1 is 1.33 bits per heavy atom. The molecule has 0 saturated carbocycles. The number of nitrogens with one attached hydrogen (secondary N) is 2. The van der Waals surface area contributed by atoms with E-state index in [4.69, 9.17) is 11.6 Å². The molecule has 1 atom stereocenters. The van der Waals surface area contributed by atoms with Crippen molar-refractivity contribution in [3.05, 3.63) is 16.7 Å². The first-order valence-corrected chi connectivity index (χ1v) is 8.76. The molecule has 0 aromatic carbocycles. The predicted octanol–water partition coefficient (Wildman–Crippen LogP) is 3.37. The van der Waals surface area contributed by atoms with Gasteiger partial charge in [-0.15, -0.1) is 0 Å². The number of rotatable bonds is 8. The van der Waals surface area contributed by atoms with Crippen molar-refractivity contribution in [2.75, 3.05) is 19.6 Å². The Morgan fingerprint density at radius 3 is 2.81 bits per heavy atom. The van der Waals surface area contributed by atoms with Gasteiger partial charge in [-0.2, -0.15) is 0 Å². The van der Waals surface area contributed by atoms with E-state index in [2.05, 4.69) is 34.0 Å². The van der Waals surface area contributed by atoms with Gasteiger partial charge in [-0.1, -0.05) is 31.4 Å².